The zero-order chi connectivity index (χ0) is 17.0. The first-order chi connectivity index (χ1) is 10.9. The molecule has 0 aliphatic rings. The average molecular weight is 321 g/mol. The quantitative estimate of drug-likeness (QED) is 0.792. The maximum absolute atomic E-state index is 13.7. The van der Waals surface area contributed by atoms with E-state index in [4.69, 9.17) is 0 Å². The van der Waals surface area contributed by atoms with Crippen LogP contribution in [0.3, 0.4) is 0 Å². The summed E-state index contributed by atoms with van der Waals surface area (Å²) in [6.45, 7) is 1.72. The molecule has 2 aromatic rings. The standard InChI is InChI=1S/C17H17F2NO3/c1-10(2-3-11-4-6-12(21)7-5-11)20-17(23)15-13(18)8-9-14(22)16(15)19/h4-10,21-22H,2-3H2,1H3,(H,20,23)/t10-/m1/s1. The van der Waals surface area contributed by atoms with Gasteiger partial charge in [0.2, 0.25) is 0 Å². The van der Waals surface area contributed by atoms with Crippen LogP contribution in [0.4, 0.5) is 8.78 Å². The van der Waals surface area contributed by atoms with E-state index in [1.54, 1.807) is 31.2 Å². The number of benzene rings is 2. The summed E-state index contributed by atoms with van der Waals surface area (Å²) >= 11 is 0. The fourth-order valence-corrected chi connectivity index (χ4v) is 2.16. The van der Waals surface area contributed by atoms with Gasteiger partial charge < -0.3 is 15.5 Å². The highest BCUT2D eigenvalue weighted by Gasteiger charge is 2.21. The van der Waals surface area contributed by atoms with Crippen LogP contribution in [0.2, 0.25) is 0 Å². The molecule has 0 unspecified atom stereocenters. The zero-order valence-electron chi connectivity index (χ0n) is 12.5. The van der Waals surface area contributed by atoms with E-state index in [1.165, 1.54) is 0 Å². The lowest BCUT2D eigenvalue weighted by Gasteiger charge is -2.15. The Kier molecular flexibility index (Phi) is 5.16. The summed E-state index contributed by atoms with van der Waals surface area (Å²) in [4.78, 5) is 12.0. The number of amides is 1. The number of hydrogen-bond donors (Lipinski definition) is 3. The molecule has 3 N–H and O–H groups in total. The van der Waals surface area contributed by atoms with E-state index in [-0.39, 0.29) is 11.8 Å². The molecule has 1 amide bonds. The fourth-order valence-electron chi connectivity index (χ4n) is 2.16. The Labute approximate surface area is 132 Å². The molecule has 0 fully saturated rings. The Morgan fingerprint density at radius 3 is 2.43 bits per heavy atom. The Morgan fingerprint density at radius 2 is 1.78 bits per heavy atom. The van der Waals surface area contributed by atoms with E-state index >= 15 is 0 Å². The number of aryl methyl sites for hydroxylation is 1. The summed E-state index contributed by atoms with van der Waals surface area (Å²) in [7, 11) is 0. The molecule has 2 rings (SSSR count). The maximum atomic E-state index is 13.7. The molecular formula is C17H17F2NO3. The van der Waals surface area contributed by atoms with E-state index in [2.05, 4.69) is 5.32 Å². The number of phenolic OH excluding ortho intramolecular Hbond substituents is 2. The molecule has 1 atom stereocenters. The van der Waals surface area contributed by atoms with Gasteiger partial charge in [0.05, 0.1) is 0 Å². The minimum Gasteiger partial charge on any atom is -0.508 e. The summed E-state index contributed by atoms with van der Waals surface area (Å²) in [5, 5.41) is 21.0. The maximum Gasteiger partial charge on any atom is 0.257 e. The van der Waals surface area contributed by atoms with Gasteiger partial charge in [-0.1, -0.05) is 12.1 Å². The van der Waals surface area contributed by atoms with Crippen molar-refractivity contribution >= 4 is 5.91 Å². The summed E-state index contributed by atoms with van der Waals surface area (Å²) in [6, 6.07) is 8.03. The third kappa shape index (κ3) is 4.18. The van der Waals surface area contributed by atoms with E-state index in [0.29, 0.717) is 12.8 Å². The van der Waals surface area contributed by atoms with Crippen LogP contribution in [0, 0.1) is 11.6 Å². The normalized spacial score (nSPS) is 12.0. The van der Waals surface area contributed by atoms with Gasteiger partial charge >= 0.3 is 0 Å². The van der Waals surface area contributed by atoms with Gasteiger partial charge in [0, 0.05) is 6.04 Å². The highest BCUT2D eigenvalue weighted by Crippen LogP contribution is 2.22. The third-order valence-corrected chi connectivity index (χ3v) is 3.48. The second-order valence-electron chi connectivity index (χ2n) is 5.34. The smallest absolute Gasteiger partial charge is 0.257 e. The predicted octanol–water partition coefficient (Wildman–Crippen LogP) is 3.13. The topological polar surface area (TPSA) is 69.6 Å². The molecule has 0 aliphatic carbocycles. The van der Waals surface area contributed by atoms with Crippen molar-refractivity contribution in [2.24, 2.45) is 0 Å². The monoisotopic (exact) mass is 321 g/mol. The van der Waals surface area contributed by atoms with Gasteiger partial charge in [-0.05, 0) is 49.6 Å². The summed E-state index contributed by atoms with van der Waals surface area (Å²) in [6.07, 6.45) is 1.19. The molecule has 2 aromatic carbocycles. The number of halogens is 2. The van der Waals surface area contributed by atoms with Gasteiger partial charge in [-0.25, -0.2) is 8.78 Å². The van der Waals surface area contributed by atoms with E-state index in [1.807, 2.05) is 0 Å². The van der Waals surface area contributed by atoms with Crippen LogP contribution in [0.25, 0.3) is 0 Å². The largest absolute Gasteiger partial charge is 0.508 e. The van der Waals surface area contributed by atoms with Gasteiger partial charge in [0.25, 0.3) is 5.91 Å². The summed E-state index contributed by atoms with van der Waals surface area (Å²) in [5.41, 5.74) is 0.181. The number of aromatic hydroxyl groups is 2. The molecule has 6 heteroatoms. The molecule has 0 aromatic heterocycles. The second-order valence-corrected chi connectivity index (χ2v) is 5.34. The number of nitrogens with one attached hydrogen (secondary N) is 1. The van der Waals surface area contributed by atoms with Crippen molar-refractivity contribution in [3.8, 4) is 11.5 Å². The lowest BCUT2D eigenvalue weighted by atomic mass is 10.1. The SMILES string of the molecule is C[C@H](CCc1ccc(O)cc1)NC(=O)c1c(F)ccc(O)c1F. The minimum absolute atomic E-state index is 0.171. The first-order valence-corrected chi connectivity index (χ1v) is 7.14. The Morgan fingerprint density at radius 1 is 1.13 bits per heavy atom. The Bertz CT molecular complexity index is 702. The average Bonchev–Trinajstić information content (AvgIpc) is 2.51. The van der Waals surface area contributed by atoms with Crippen molar-refractivity contribution in [2.45, 2.75) is 25.8 Å². The van der Waals surface area contributed by atoms with Crippen molar-refractivity contribution in [2.75, 3.05) is 0 Å². The van der Waals surface area contributed by atoms with Crippen LogP contribution in [0.5, 0.6) is 11.5 Å². The molecule has 0 saturated heterocycles. The molecular weight excluding hydrogens is 304 g/mol. The second kappa shape index (κ2) is 7.09. The first kappa shape index (κ1) is 16.7. The molecule has 0 aliphatic heterocycles. The van der Waals surface area contributed by atoms with Crippen molar-refractivity contribution in [3.63, 3.8) is 0 Å². The van der Waals surface area contributed by atoms with E-state index in [9.17, 15) is 23.8 Å². The molecule has 0 saturated carbocycles. The number of phenols is 2. The molecule has 0 heterocycles. The van der Waals surface area contributed by atoms with Crippen LogP contribution >= 0.6 is 0 Å². The minimum atomic E-state index is -1.27. The van der Waals surface area contributed by atoms with Crippen LogP contribution in [0.15, 0.2) is 36.4 Å². The van der Waals surface area contributed by atoms with Crippen LogP contribution in [-0.4, -0.2) is 22.2 Å². The van der Waals surface area contributed by atoms with Gasteiger partial charge in [0.1, 0.15) is 17.1 Å². The Hall–Kier alpha value is -2.63. The fraction of sp³-hybridized carbons (Fsp3) is 0.235. The van der Waals surface area contributed by atoms with Crippen molar-refractivity contribution in [1.82, 2.24) is 5.32 Å². The molecule has 0 spiro atoms. The third-order valence-electron chi connectivity index (χ3n) is 3.48. The van der Waals surface area contributed by atoms with Crippen LogP contribution in [-0.2, 0) is 6.42 Å². The zero-order valence-corrected chi connectivity index (χ0v) is 12.5. The number of carbonyl (C=O) groups is 1. The van der Waals surface area contributed by atoms with Crippen molar-refractivity contribution < 1.29 is 23.8 Å². The molecule has 0 radical (unpaired) electrons. The van der Waals surface area contributed by atoms with Gasteiger partial charge in [0.15, 0.2) is 11.6 Å². The highest BCUT2D eigenvalue weighted by molar-refractivity contribution is 5.95. The number of hydrogen-bond acceptors (Lipinski definition) is 3. The van der Waals surface area contributed by atoms with Gasteiger partial charge in [-0.2, -0.15) is 0 Å². The van der Waals surface area contributed by atoms with E-state index < -0.39 is 28.9 Å². The van der Waals surface area contributed by atoms with Gasteiger partial charge in [-0.3, -0.25) is 4.79 Å². The van der Waals surface area contributed by atoms with Crippen molar-refractivity contribution in [1.29, 1.82) is 0 Å². The lowest BCUT2D eigenvalue weighted by molar-refractivity contribution is 0.0929. The lowest BCUT2D eigenvalue weighted by Crippen LogP contribution is -2.34. The van der Waals surface area contributed by atoms with E-state index in [0.717, 1.165) is 17.7 Å². The van der Waals surface area contributed by atoms with Gasteiger partial charge in [-0.15, -0.1) is 0 Å². The predicted molar refractivity (Wildman–Crippen MR) is 81.4 cm³/mol. The first-order valence-electron chi connectivity index (χ1n) is 7.14. The summed E-state index contributed by atoms with van der Waals surface area (Å²) < 4.78 is 27.3. The number of carbonyl (C=O) groups excluding carboxylic acids is 1. The number of rotatable bonds is 5. The van der Waals surface area contributed by atoms with Crippen molar-refractivity contribution in [3.05, 3.63) is 59.2 Å². The molecule has 23 heavy (non-hydrogen) atoms. The van der Waals surface area contributed by atoms with Crippen LogP contribution in [0.1, 0.15) is 29.3 Å². The summed E-state index contributed by atoms with van der Waals surface area (Å²) in [5.74, 6) is -3.80. The highest BCUT2D eigenvalue weighted by atomic mass is 19.1. The molecule has 4 nitrogen and oxygen atoms in total. The Balaban J connectivity index is 1.97. The molecule has 0 bridgehead atoms. The van der Waals surface area contributed by atoms with Crippen LogP contribution < -0.4 is 5.32 Å². The molecule has 122 valence electrons.